The van der Waals surface area contributed by atoms with E-state index in [0.717, 1.165) is 6.42 Å². The number of halogens is 1. The van der Waals surface area contributed by atoms with Gasteiger partial charge in [0, 0.05) is 40.4 Å². The molecule has 0 aliphatic heterocycles. The monoisotopic (exact) mass is 243 g/mol. The predicted molar refractivity (Wildman–Crippen MR) is 53.0 cm³/mol. The van der Waals surface area contributed by atoms with Gasteiger partial charge < -0.3 is 10.4 Å². The van der Waals surface area contributed by atoms with Crippen LogP contribution in [0.15, 0.2) is 12.2 Å². The van der Waals surface area contributed by atoms with E-state index in [-0.39, 0.29) is 24.5 Å². The van der Waals surface area contributed by atoms with Crippen molar-refractivity contribution in [3.63, 3.8) is 0 Å². The first-order chi connectivity index (χ1) is 6.26. The van der Waals surface area contributed by atoms with E-state index in [1.54, 1.807) is 0 Å². The van der Waals surface area contributed by atoms with Gasteiger partial charge in [0.25, 0.3) is 5.91 Å². The average molecular weight is 244 g/mol. The van der Waals surface area contributed by atoms with Gasteiger partial charge in [-0.2, -0.15) is 0 Å². The summed E-state index contributed by atoms with van der Waals surface area (Å²) in [5.41, 5.74) is 0. The fourth-order valence-corrected chi connectivity index (χ4v) is 1.44. The van der Waals surface area contributed by atoms with Gasteiger partial charge in [0.2, 0.25) is 0 Å². The number of amides is 1. The maximum absolute atomic E-state index is 11.0. The SMILES string of the molecule is O=C(C#CBr)N[C@@H]1C=C[C@H](CO)C1. The zero-order chi connectivity index (χ0) is 9.68. The molecule has 0 fully saturated rings. The van der Waals surface area contributed by atoms with Crippen molar-refractivity contribution in [2.75, 3.05) is 6.61 Å². The Balaban J connectivity index is 2.36. The van der Waals surface area contributed by atoms with Crippen LogP contribution in [0.5, 0.6) is 0 Å². The van der Waals surface area contributed by atoms with E-state index in [1.165, 1.54) is 0 Å². The van der Waals surface area contributed by atoms with Crippen molar-refractivity contribution in [3.8, 4) is 10.8 Å². The third kappa shape index (κ3) is 3.21. The highest BCUT2D eigenvalue weighted by Gasteiger charge is 2.18. The molecule has 13 heavy (non-hydrogen) atoms. The number of aliphatic hydroxyl groups is 1. The molecule has 0 radical (unpaired) electrons. The minimum Gasteiger partial charge on any atom is -0.396 e. The standard InChI is InChI=1S/C9H10BrNO2/c10-4-3-9(13)11-8-2-1-7(5-8)6-12/h1-2,7-8,12H,5-6H2,(H,11,13)/t7-,8+/m0/s1. The van der Waals surface area contributed by atoms with Gasteiger partial charge in [0.1, 0.15) is 0 Å². The second kappa shape index (κ2) is 5.05. The highest BCUT2D eigenvalue weighted by atomic mass is 79.9. The van der Waals surface area contributed by atoms with Crippen LogP contribution in [-0.2, 0) is 4.79 Å². The molecule has 0 saturated carbocycles. The zero-order valence-corrected chi connectivity index (χ0v) is 8.54. The van der Waals surface area contributed by atoms with Crippen molar-refractivity contribution in [3.05, 3.63) is 12.2 Å². The molecule has 70 valence electrons. The summed E-state index contributed by atoms with van der Waals surface area (Å²) in [7, 11) is 0. The van der Waals surface area contributed by atoms with Gasteiger partial charge in [-0.15, -0.1) is 0 Å². The zero-order valence-electron chi connectivity index (χ0n) is 6.96. The van der Waals surface area contributed by atoms with Crippen LogP contribution in [0.4, 0.5) is 0 Å². The Hall–Kier alpha value is -0.790. The van der Waals surface area contributed by atoms with Gasteiger partial charge in [-0.25, -0.2) is 0 Å². The Morgan fingerprint density at radius 2 is 2.46 bits per heavy atom. The molecule has 2 atom stereocenters. The smallest absolute Gasteiger partial charge is 0.297 e. The predicted octanol–water partition coefficient (Wildman–Crippen LogP) is 0.395. The topological polar surface area (TPSA) is 49.3 Å². The summed E-state index contributed by atoms with van der Waals surface area (Å²) in [6.45, 7) is 0.132. The Labute approximate surface area is 85.3 Å². The van der Waals surface area contributed by atoms with E-state index < -0.39 is 0 Å². The summed E-state index contributed by atoms with van der Waals surface area (Å²) in [4.78, 5) is 13.3. The van der Waals surface area contributed by atoms with Gasteiger partial charge in [0.15, 0.2) is 0 Å². The van der Waals surface area contributed by atoms with Crippen LogP contribution >= 0.6 is 15.9 Å². The molecule has 1 aliphatic rings. The van der Waals surface area contributed by atoms with Gasteiger partial charge in [-0.1, -0.05) is 12.2 Å². The number of nitrogens with one attached hydrogen (secondary N) is 1. The first-order valence-electron chi connectivity index (χ1n) is 3.97. The first-order valence-corrected chi connectivity index (χ1v) is 4.77. The summed E-state index contributed by atoms with van der Waals surface area (Å²) in [6, 6.07) is 0.0120. The molecular formula is C9H10BrNO2. The molecule has 1 amide bonds. The second-order valence-electron chi connectivity index (χ2n) is 2.86. The highest BCUT2D eigenvalue weighted by Crippen LogP contribution is 2.16. The van der Waals surface area contributed by atoms with Crippen LogP contribution < -0.4 is 5.32 Å². The maximum Gasteiger partial charge on any atom is 0.297 e. The van der Waals surface area contributed by atoms with E-state index >= 15 is 0 Å². The molecule has 1 rings (SSSR count). The summed E-state index contributed by atoms with van der Waals surface area (Å²) < 4.78 is 0. The molecule has 0 spiro atoms. The molecule has 0 aromatic rings. The van der Waals surface area contributed by atoms with Crippen molar-refractivity contribution >= 4 is 21.8 Å². The summed E-state index contributed by atoms with van der Waals surface area (Å²) in [6.07, 6.45) is 4.55. The van der Waals surface area contributed by atoms with E-state index in [9.17, 15) is 4.79 Å². The molecule has 2 N–H and O–H groups in total. The van der Waals surface area contributed by atoms with Gasteiger partial charge in [0.05, 0.1) is 0 Å². The van der Waals surface area contributed by atoms with Crippen molar-refractivity contribution in [2.45, 2.75) is 12.5 Å². The number of hydrogen-bond acceptors (Lipinski definition) is 2. The van der Waals surface area contributed by atoms with Crippen molar-refractivity contribution in [1.82, 2.24) is 5.32 Å². The lowest BCUT2D eigenvalue weighted by atomic mass is 10.1. The lowest BCUT2D eigenvalue weighted by molar-refractivity contribution is -0.116. The third-order valence-electron chi connectivity index (χ3n) is 1.88. The molecule has 0 aromatic carbocycles. The summed E-state index contributed by atoms with van der Waals surface area (Å²) in [5.74, 6) is 2.19. The van der Waals surface area contributed by atoms with E-state index in [4.69, 9.17) is 5.11 Å². The quantitative estimate of drug-likeness (QED) is 0.545. The lowest BCUT2D eigenvalue weighted by Crippen LogP contribution is -2.31. The molecule has 0 unspecified atom stereocenters. The molecule has 0 aromatic heterocycles. The van der Waals surface area contributed by atoms with E-state index in [2.05, 4.69) is 32.0 Å². The molecule has 1 aliphatic carbocycles. The Morgan fingerprint density at radius 1 is 1.69 bits per heavy atom. The highest BCUT2D eigenvalue weighted by molar-refractivity contribution is 9.12. The van der Waals surface area contributed by atoms with Crippen LogP contribution in [0, 0.1) is 16.7 Å². The normalized spacial score (nSPS) is 25.1. The van der Waals surface area contributed by atoms with E-state index in [1.807, 2.05) is 12.2 Å². The molecule has 0 heterocycles. The number of carbonyl (C=O) groups is 1. The number of carbonyl (C=O) groups excluding carboxylic acids is 1. The van der Waals surface area contributed by atoms with Gasteiger partial charge >= 0.3 is 0 Å². The number of aliphatic hydroxyl groups excluding tert-OH is 1. The Morgan fingerprint density at radius 3 is 3.00 bits per heavy atom. The molecule has 0 saturated heterocycles. The van der Waals surface area contributed by atoms with Crippen LogP contribution in [0.1, 0.15) is 6.42 Å². The molecule has 0 bridgehead atoms. The number of rotatable bonds is 2. The minimum absolute atomic E-state index is 0.0120. The van der Waals surface area contributed by atoms with E-state index in [0.29, 0.717) is 0 Å². The van der Waals surface area contributed by atoms with Crippen molar-refractivity contribution in [2.24, 2.45) is 5.92 Å². The van der Waals surface area contributed by atoms with Crippen LogP contribution in [0.3, 0.4) is 0 Å². The molecular weight excluding hydrogens is 234 g/mol. The van der Waals surface area contributed by atoms with Crippen molar-refractivity contribution < 1.29 is 9.90 Å². The van der Waals surface area contributed by atoms with Crippen LogP contribution in [0.25, 0.3) is 0 Å². The minimum atomic E-state index is -0.301. The van der Waals surface area contributed by atoms with Crippen LogP contribution in [-0.4, -0.2) is 23.7 Å². The third-order valence-corrected chi connectivity index (χ3v) is 2.08. The fourth-order valence-electron chi connectivity index (χ4n) is 1.26. The summed E-state index contributed by atoms with van der Waals surface area (Å²) in [5, 5.41) is 11.5. The number of hydrogen-bond donors (Lipinski definition) is 2. The second-order valence-corrected chi connectivity index (χ2v) is 3.26. The Bertz CT molecular complexity index is 277. The molecule has 3 nitrogen and oxygen atoms in total. The maximum atomic E-state index is 11.0. The van der Waals surface area contributed by atoms with Gasteiger partial charge in [-0.05, 0) is 11.3 Å². The summed E-state index contributed by atoms with van der Waals surface area (Å²) >= 11 is 2.84. The first kappa shape index (κ1) is 10.3. The van der Waals surface area contributed by atoms with Crippen LogP contribution in [0.2, 0.25) is 0 Å². The average Bonchev–Trinajstić information content (AvgIpc) is 2.52. The largest absolute Gasteiger partial charge is 0.396 e. The van der Waals surface area contributed by atoms with Crippen molar-refractivity contribution in [1.29, 1.82) is 0 Å². The Kier molecular flexibility index (Phi) is 4.00. The van der Waals surface area contributed by atoms with Gasteiger partial charge in [-0.3, -0.25) is 4.79 Å². The lowest BCUT2D eigenvalue weighted by Gasteiger charge is -2.09. The molecule has 4 heteroatoms. The fraction of sp³-hybridized carbons (Fsp3) is 0.444.